The molecular weight excluding hydrogens is 362 g/mol. The lowest BCUT2D eigenvalue weighted by atomic mass is 10.1. The lowest BCUT2D eigenvalue weighted by molar-refractivity contribution is -0.121. The van der Waals surface area contributed by atoms with Crippen LogP contribution in [0.3, 0.4) is 0 Å². The number of benzene rings is 1. The Balaban J connectivity index is 2.22. The second kappa shape index (κ2) is 6.91. The van der Waals surface area contributed by atoms with Crippen LogP contribution in [-0.4, -0.2) is 24.1 Å². The highest BCUT2D eigenvalue weighted by Crippen LogP contribution is 2.36. The molecule has 6 nitrogen and oxygen atoms in total. The molecule has 1 aromatic rings. The number of amides is 2. The van der Waals surface area contributed by atoms with E-state index in [1.807, 2.05) is 6.92 Å². The molecule has 2 amide bonds. The molecule has 0 fully saturated rings. The summed E-state index contributed by atoms with van der Waals surface area (Å²) in [6.45, 7) is 2.29. The minimum atomic E-state index is -0.398. The highest BCUT2D eigenvalue weighted by Gasteiger charge is 2.20. The number of carbonyl (C=O) groups is 2. The Morgan fingerprint density at radius 3 is 2.90 bits per heavy atom. The van der Waals surface area contributed by atoms with Crippen molar-refractivity contribution in [1.82, 2.24) is 5.43 Å². The second-order valence-electron chi connectivity index (χ2n) is 4.24. The van der Waals surface area contributed by atoms with Gasteiger partial charge in [0.15, 0.2) is 5.75 Å². The maximum Gasteiger partial charge on any atom is 0.271 e. The fraction of sp³-hybridized carbons (Fsp3) is 0.308. The molecule has 2 rings (SSSR count). The molecule has 0 spiro atoms. The van der Waals surface area contributed by atoms with Crippen molar-refractivity contribution in [2.24, 2.45) is 5.10 Å². The van der Waals surface area contributed by atoms with E-state index in [-0.39, 0.29) is 18.0 Å². The van der Waals surface area contributed by atoms with Crippen molar-refractivity contribution >= 4 is 50.7 Å². The number of ether oxygens (including phenoxy) is 1. The van der Waals surface area contributed by atoms with E-state index in [0.29, 0.717) is 34.0 Å². The molecule has 21 heavy (non-hydrogen) atoms. The third-order valence-corrected chi connectivity index (χ3v) is 3.52. The standard InChI is InChI=1S/C13H13BrClN3O3/c1-2-21-12-8(14)5-7(15)6-10(12)16-13(20)9-3-4-11(19)18-17-9/h5-6H,2-4H2,1H3,(H,16,20)(H,18,19). The van der Waals surface area contributed by atoms with Crippen LogP contribution in [0.25, 0.3) is 0 Å². The third kappa shape index (κ3) is 3.95. The first kappa shape index (κ1) is 15.8. The molecule has 8 heteroatoms. The number of hydrazone groups is 1. The van der Waals surface area contributed by atoms with Gasteiger partial charge in [-0.25, -0.2) is 5.43 Å². The van der Waals surface area contributed by atoms with Crippen molar-refractivity contribution in [3.63, 3.8) is 0 Å². The first-order valence-electron chi connectivity index (χ1n) is 6.30. The van der Waals surface area contributed by atoms with Gasteiger partial charge in [0.2, 0.25) is 5.91 Å². The summed E-state index contributed by atoms with van der Waals surface area (Å²) in [5.41, 5.74) is 2.99. The van der Waals surface area contributed by atoms with Gasteiger partial charge in [0, 0.05) is 17.9 Å². The molecule has 1 aliphatic rings. The first-order valence-corrected chi connectivity index (χ1v) is 7.47. The van der Waals surface area contributed by atoms with Crippen LogP contribution in [0.4, 0.5) is 5.69 Å². The Hall–Kier alpha value is -1.60. The van der Waals surface area contributed by atoms with Crippen LogP contribution in [0.5, 0.6) is 5.75 Å². The molecule has 0 atom stereocenters. The van der Waals surface area contributed by atoms with E-state index in [0.717, 1.165) is 0 Å². The van der Waals surface area contributed by atoms with Gasteiger partial charge < -0.3 is 10.1 Å². The molecular formula is C13H13BrClN3O3. The van der Waals surface area contributed by atoms with Crippen molar-refractivity contribution in [3.05, 3.63) is 21.6 Å². The summed E-state index contributed by atoms with van der Waals surface area (Å²) in [4.78, 5) is 23.2. The molecule has 2 N–H and O–H groups in total. The molecule has 0 bridgehead atoms. The third-order valence-electron chi connectivity index (χ3n) is 2.71. The number of carbonyl (C=O) groups excluding carboxylic acids is 2. The molecule has 0 unspecified atom stereocenters. The van der Waals surface area contributed by atoms with E-state index in [1.165, 1.54) is 0 Å². The Morgan fingerprint density at radius 1 is 1.52 bits per heavy atom. The predicted octanol–water partition coefficient (Wildman–Crippen LogP) is 2.71. The number of hydrogen-bond donors (Lipinski definition) is 2. The van der Waals surface area contributed by atoms with E-state index in [4.69, 9.17) is 16.3 Å². The Bertz CT molecular complexity index is 619. The van der Waals surface area contributed by atoms with Crippen LogP contribution >= 0.6 is 27.5 Å². The molecule has 1 heterocycles. The van der Waals surface area contributed by atoms with Crippen LogP contribution in [0, 0.1) is 0 Å². The summed E-state index contributed by atoms with van der Waals surface area (Å²) in [6, 6.07) is 3.28. The van der Waals surface area contributed by atoms with Crippen molar-refractivity contribution in [1.29, 1.82) is 0 Å². The Kier molecular flexibility index (Phi) is 5.19. The van der Waals surface area contributed by atoms with Crippen LogP contribution in [0.1, 0.15) is 19.8 Å². The van der Waals surface area contributed by atoms with Crippen LogP contribution in [0.2, 0.25) is 5.02 Å². The number of hydrogen-bond acceptors (Lipinski definition) is 4. The molecule has 0 radical (unpaired) electrons. The van der Waals surface area contributed by atoms with Gasteiger partial charge in [-0.05, 0) is 35.0 Å². The van der Waals surface area contributed by atoms with Crippen molar-refractivity contribution < 1.29 is 14.3 Å². The SMILES string of the molecule is CCOc1c(Br)cc(Cl)cc1NC(=O)C1=NNC(=O)CC1. The maximum atomic E-state index is 12.1. The zero-order valence-electron chi connectivity index (χ0n) is 11.2. The number of anilines is 1. The molecule has 0 aromatic heterocycles. The highest BCUT2D eigenvalue weighted by molar-refractivity contribution is 9.10. The lowest BCUT2D eigenvalue weighted by Crippen LogP contribution is -2.32. The van der Waals surface area contributed by atoms with Gasteiger partial charge in [-0.15, -0.1) is 0 Å². The summed E-state index contributed by atoms with van der Waals surface area (Å²) in [5.74, 6) is -0.104. The first-order chi connectivity index (χ1) is 10.0. The van der Waals surface area contributed by atoms with Gasteiger partial charge in [0.1, 0.15) is 5.71 Å². The minimum Gasteiger partial charge on any atom is -0.491 e. The van der Waals surface area contributed by atoms with Crippen molar-refractivity contribution in [2.75, 3.05) is 11.9 Å². The molecule has 0 saturated heterocycles. The maximum absolute atomic E-state index is 12.1. The van der Waals surface area contributed by atoms with Crippen LogP contribution in [-0.2, 0) is 9.59 Å². The molecule has 1 aromatic carbocycles. The number of rotatable bonds is 4. The number of nitrogens with one attached hydrogen (secondary N) is 2. The summed E-state index contributed by atoms with van der Waals surface area (Å²) >= 11 is 9.33. The predicted molar refractivity (Wildman–Crippen MR) is 83.8 cm³/mol. The topological polar surface area (TPSA) is 79.8 Å². The normalized spacial score (nSPS) is 14.2. The minimum absolute atomic E-state index is 0.202. The molecule has 0 saturated carbocycles. The molecule has 0 aliphatic carbocycles. The quantitative estimate of drug-likeness (QED) is 0.850. The van der Waals surface area contributed by atoms with Crippen molar-refractivity contribution in [3.8, 4) is 5.75 Å². The average Bonchev–Trinajstić information content (AvgIpc) is 2.43. The Labute approximate surface area is 135 Å². The summed E-state index contributed by atoms with van der Waals surface area (Å²) in [5, 5.41) is 6.91. The molecule has 1 aliphatic heterocycles. The number of halogens is 2. The zero-order chi connectivity index (χ0) is 15.4. The van der Waals surface area contributed by atoms with E-state index < -0.39 is 5.91 Å². The van der Waals surface area contributed by atoms with Gasteiger partial charge in [-0.1, -0.05) is 11.6 Å². The van der Waals surface area contributed by atoms with Gasteiger partial charge in [-0.3, -0.25) is 9.59 Å². The monoisotopic (exact) mass is 373 g/mol. The van der Waals surface area contributed by atoms with Crippen molar-refractivity contribution in [2.45, 2.75) is 19.8 Å². The van der Waals surface area contributed by atoms with E-state index in [9.17, 15) is 9.59 Å². The Morgan fingerprint density at radius 2 is 2.29 bits per heavy atom. The van der Waals surface area contributed by atoms with Gasteiger partial charge >= 0.3 is 0 Å². The lowest BCUT2D eigenvalue weighted by Gasteiger charge is -2.15. The summed E-state index contributed by atoms with van der Waals surface area (Å²) < 4.78 is 6.14. The van der Waals surface area contributed by atoms with E-state index in [1.54, 1.807) is 12.1 Å². The highest BCUT2D eigenvalue weighted by atomic mass is 79.9. The summed E-state index contributed by atoms with van der Waals surface area (Å²) in [6.07, 6.45) is 0.535. The van der Waals surface area contributed by atoms with E-state index >= 15 is 0 Å². The van der Waals surface area contributed by atoms with Gasteiger partial charge in [0.25, 0.3) is 5.91 Å². The second-order valence-corrected chi connectivity index (χ2v) is 5.54. The number of nitrogens with zero attached hydrogens (tertiary/aromatic N) is 1. The van der Waals surface area contributed by atoms with Gasteiger partial charge in [0.05, 0.1) is 16.8 Å². The smallest absolute Gasteiger partial charge is 0.271 e. The zero-order valence-corrected chi connectivity index (χ0v) is 13.5. The van der Waals surface area contributed by atoms with Gasteiger partial charge in [-0.2, -0.15) is 5.10 Å². The fourth-order valence-electron chi connectivity index (χ4n) is 1.78. The largest absolute Gasteiger partial charge is 0.491 e. The fourth-order valence-corrected chi connectivity index (χ4v) is 2.70. The molecule has 112 valence electrons. The van der Waals surface area contributed by atoms with Crippen LogP contribution < -0.4 is 15.5 Å². The summed E-state index contributed by atoms with van der Waals surface area (Å²) in [7, 11) is 0. The van der Waals surface area contributed by atoms with Crippen LogP contribution in [0.15, 0.2) is 21.7 Å². The average molecular weight is 375 g/mol. The van der Waals surface area contributed by atoms with E-state index in [2.05, 4.69) is 31.8 Å².